The van der Waals surface area contributed by atoms with Crippen molar-refractivity contribution in [2.75, 3.05) is 20.4 Å². The molecule has 0 aromatic heterocycles. The average Bonchev–Trinajstić information content (AvgIpc) is 3.66. The van der Waals surface area contributed by atoms with Crippen LogP contribution in [0.1, 0.15) is 35.1 Å². The predicted molar refractivity (Wildman–Crippen MR) is 200 cm³/mol. The minimum Gasteiger partial charge on any atom is -0.457 e. The summed E-state index contributed by atoms with van der Waals surface area (Å²) in [6.45, 7) is 0. The number of rotatable bonds is 10. The largest absolute Gasteiger partial charge is 0.457 e. The number of nitrogens with one attached hydrogen (secondary N) is 2. The van der Waals surface area contributed by atoms with Crippen LogP contribution in [-0.4, -0.2) is 35.7 Å². The fourth-order valence-corrected chi connectivity index (χ4v) is 6.30. The number of para-hydroxylation sites is 2. The quantitative estimate of drug-likeness (QED) is 0.152. The Bertz CT molecular complexity index is 2420. The molecular weight excluding hydrogens is 713 g/mol. The number of carbonyl (C=O) groups is 4. The number of amides is 4. The molecule has 2 fully saturated rings. The van der Waals surface area contributed by atoms with Crippen molar-refractivity contribution in [3.05, 3.63) is 131 Å². The van der Waals surface area contributed by atoms with Gasteiger partial charge in [0.1, 0.15) is 59.4 Å². The number of carbonyl (C=O) groups excluding carboxylic acids is 4. The molecule has 0 aliphatic carbocycles. The number of nitrogens with zero attached hydrogens (tertiary/aromatic N) is 6. The van der Waals surface area contributed by atoms with E-state index in [0.29, 0.717) is 34.4 Å². The molecule has 2 aliphatic heterocycles. The van der Waals surface area contributed by atoms with Crippen LogP contribution in [0.3, 0.4) is 0 Å². The normalized spacial score (nSPS) is 16.1. The van der Waals surface area contributed by atoms with Gasteiger partial charge in [-0.25, -0.2) is 9.80 Å². The molecule has 2 atom stereocenters. The Morgan fingerprint density at radius 2 is 0.839 bits per heavy atom. The Morgan fingerprint density at radius 1 is 0.482 bits per heavy atom. The number of nitriles is 4. The van der Waals surface area contributed by atoms with E-state index in [1.807, 2.05) is 24.3 Å². The van der Waals surface area contributed by atoms with Crippen LogP contribution in [0.4, 0.5) is 22.7 Å². The highest BCUT2D eigenvalue weighted by atomic mass is 16.5. The Balaban J connectivity index is 1.01. The lowest BCUT2D eigenvalue weighted by molar-refractivity contribution is -0.123. The van der Waals surface area contributed by atoms with Gasteiger partial charge in [0.25, 0.3) is 11.8 Å². The minimum absolute atomic E-state index is 0.0981. The van der Waals surface area contributed by atoms with Gasteiger partial charge in [0.15, 0.2) is 0 Å². The van der Waals surface area contributed by atoms with Gasteiger partial charge in [-0.15, -0.1) is 0 Å². The summed E-state index contributed by atoms with van der Waals surface area (Å²) in [6.07, 6.45) is -0.353. The molecule has 0 saturated carbocycles. The smallest absolute Gasteiger partial charge is 0.256 e. The molecule has 5 aromatic rings. The van der Waals surface area contributed by atoms with Crippen molar-refractivity contribution in [1.82, 2.24) is 0 Å². The van der Waals surface area contributed by atoms with Crippen LogP contribution in [0.25, 0.3) is 0 Å². The molecule has 0 spiro atoms. The molecule has 270 valence electrons. The minimum atomic E-state index is -0.935. The van der Waals surface area contributed by atoms with E-state index in [-0.39, 0.29) is 46.5 Å². The molecule has 0 bridgehead atoms. The number of ether oxygens (including phenoxy) is 2. The lowest BCUT2D eigenvalue weighted by Crippen LogP contribution is -2.38. The molecule has 2 aliphatic rings. The van der Waals surface area contributed by atoms with Gasteiger partial charge < -0.3 is 20.1 Å². The van der Waals surface area contributed by atoms with Crippen LogP contribution in [0.2, 0.25) is 0 Å². The van der Waals surface area contributed by atoms with Crippen LogP contribution < -0.4 is 29.9 Å². The number of benzene rings is 5. The number of imide groups is 2. The van der Waals surface area contributed by atoms with Crippen LogP contribution in [-0.2, 0) is 19.2 Å². The molecular formula is C42H26N8O6. The van der Waals surface area contributed by atoms with E-state index < -0.39 is 35.7 Å². The third-order valence-electron chi connectivity index (χ3n) is 8.98. The van der Waals surface area contributed by atoms with E-state index in [4.69, 9.17) is 20.0 Å². The second kappa shape index (κ2) is 15.3. The van der Waals surface area contributed by atoms with Crippen LogP contribution >= 0.6 is 0 Å². The molecule has 0 radical (unpaired) electrons. The van der Waals surface area contributed by atoms with Gasteiger partial charge >= 0.3 is 0 Å². The highest BCUT2D eigenvalue weighted by Gasteiger charge is 2.45. The predicted octanol–water partition coefficient (Wildman–Crippen LogP) is 6.25. The van der Waals surface area contributed by atoms with E-state index in [1.54, 1.807) is 72.8 Å². The summed E-state index contributed by atoms with van der Waals surface area (Å²) in [5.74, 6) is -0.573. The maximum Gasteiger partial charge on any atom is 0.256 e. The van der Waals surface area contributed by atoms with Crippen LogP contribution in [0.15, 0.2) is 109 Å². The summed E-state index contributed by atoms with van der Waals surface area (Å²) in [5.41, 5.74) is 2.08. The first-order valence-electron chi connectivity index (χ1n) is 17.0. The Labute approximate surface area is 319 Å². The fourth-order valence-electron chi connectivity index (χ4n) is 6.30. The van der Waals surface area contributed by atoms with Gasteiger partial charge in [-0.05, 0) is 97.1 Å². The zero-order valence-corrected chi connectivity index (χ0v) is 29.1. The van der Waals surface area contributed by atoms with Crippen molar-refractivity contribution >= 4 is 46.4 Å². The Hall–Kier alpha value is -8.46. The topological polar surface area (TPSA) is 212 Å². The summed E-state index contributed by atoms with van der Waals surface area (Å²) in [5, 5.41) is 43.0. The average molecular weight is 739 g/mol. The Morgan fingerprint density at radius 3 is 1.20 bits per heavy atom. The molecule has 56 heavy (non-hydrogen) atoms. The second-order valence-corrected chi connectivity index (χ2v) is 12.5. The summed E-state index contributed by atoms with van der Waals surface area (Å²) < 4.78 is 11.6. The van der Waals surface area contributed by atoms with Gasteiger partial charge in [-0.2, -0.15) is 21.0 Å². The zero-order chi connectivity index (χ0) is 39.3. The van der Waals surface area contributed by atoms with Crippen LogP contribution in [0.5, 0.6) is 23.0 Å². The van der Waals surface area contributed by atoms with Crippen molar-refractivity contribution in [2.24, 2.45) is 0 Å². The molecule has 5 aromatic carbocycles. The number of hydrogen-bond donors (Lipinski definition) is 2. The van der Waals surface area contributed by atoms with Gasteiger partial charge in [0.05, 0.1) is 46.5 Å². The summed E-state index contributed by atoms with van der Waals surface area (Å²) >= 11 is 0. The molecule has 4 amide bonds. The standard InChI is InChI=1S/C42H26N8O6/c43-21-25-5-11-33(17-27(25)23-45)55-31-13-7-29(8-14-31)47-35-19-39(51)49(41(35)53)37-3-1-2-4-38(37)50-40(52)20-36(42(50)54)48-30-9-15-32(16-10-30)56-34-12-6-26(22-44)28(18-34)24-46/h1-18,35-36,47-48H,19-20H2. The van der Waals surface area contributed by atoms with E-state index in [0.717, 1.165) is 9.80 Å². The maximum absolute atomic E-state index is 13.7. The number of hydrogen-bond acceptors (Lipinski definition) is 12. The molecule has 2 N–H and O–H groups in total. The van der Waals surface area contributed by atoms with Crippen molar-refractivity contribution < 1.29 is 28.7 Å². The van der Waals surface area contributed by atoms with E-state index >= 15 is 0 Å². The molecule has 2 unspecified atom stereocenters. The van der Waals surface area contributed by atoms with E-state index in [2.05, 4.69) is 10.6 Å². The lowest BCUT2D eigenvalue weighted by atomic mass is 10.1. The zero-order valence-electron chi connectivity index (χ0n) is 29.1. The molecule has 2 saturated heterocycles. The summed E-state index contributed by atoms with van der Waals surface area (Å²) in [7, 11) is 0. The molecule has 14 nitrogen and oxygen atoms in total. The molecule has 7 rings (SSSR count). The van der Waals surface area contributed by atoms with Gasteiger partial charge in [0.2, 0.25) is 11.8 Å². The molecule has 14 heteroatoms. The molecule has 2 heterocycles. The summed E-state index contributed by atoms with van der Waals surface area (Å²) in [4.78, 5) is 56.1. The fraction of sp³-hybridized carbons (Fsp3) is 0.0952. The SMILES string of the molecule is N#Cc1ccc(Oc2ccc(NC3CC(=O)N(c4ccccc4N4C(=O)CC(Nc5ccc(Oc6ccc(C#N)c(C#N)c6)cc5)C4=O)C3=O)cc2)cc1C#N. The van der Waals surface area contributed by atoms with Crippen molar-refractivity contribution in [2.45, 2.75) is 24.9 Å². The van der Waals surface area contributed by atoms with Gasteiger partial charge in [-0.1, -0.05) is 12.1 Å². The van der Waals surface area contributed by atoms with Gasteiger partial charge in [-0.3, -0.25) is 19.2 Å². The first-order valence-corrected chi connectivity index (χ1v) is 17.0. The maximum atomic E-state index is 13.7. The second-order valence-electron chi connectivity index (χ2n) is 12.5. The van der Waals surface area contributed by atoms with Gasteiger partial charge in [0, 0.05) is 11.4 Å². The Kier molecular flexibility index (Phi) is 9.79. The first-order chi connectivity index (χ1) is 27.2. The summed E-state index contributed by atoms with van der Waals surface area (Å²) in [6, 6.07) is 34.5. The highest BCUT2D eigenvalue weighted by molar-refractivity contribution is 6.29. The van der Waals surface area contributed by atoms with Crippen molar-refractivity contribution in [3.8, 4) is 47.3 Å². The lowest BCUT2D eigenvalue weighted by Gasteiger charge is -2.24. The van der Waals surface area contributed by atoms with Crippen molar-refractivity contribution in [3.63, 3.8) is 0 Å². The van der Waals surface area contributed by atoms with E-state index in [1.165, 1.54) is 36.4 Å². The third kappa shape index (κ3) is 7.13. The highest BCUT2D eigenvalue weighted by Crippen LogP contribution is 2.37. The monoisotopic (exact) mass is 738 g/mol. The third-order valence-corrected chi connectivity index (χ3v) is 8.98. The van der Waals surface area contributed by atoms with E-state index in [9.17, 15) is 29.7 Å². The van der Waals surface area contributed by atoms with Crippen LogP contribution in [0, 0.1) is 45.3 Å². The number of anilines is 4. The van der Waals surface area contributed by atoms with Crippen molar-refractivity contribution in [1.29, 1.82) is 21.0 Å². The first kappa shape index (κ1) is 35.9.